The van der Waals surface area contributed by atoms with E-state index in [1.165, 1.54) is 6.07 Å². The Balaban J connectivity index is 2.16. The quantitative estimate of drug-likeness (QED) is 0.673. The lowest BCUT2D eigenvalue weighted by atomic mass is 10.1. The topological polar surface area (TPSA) is 72.2 Å². The van der Waals surface area contributed by atoms with Crippen LogP contribution in [0.25, 0.3) is 0 Å². The van der Waals surface area contributed by atoms with Crippen LogP contribution < -0.4 is 5.32 Å². The molecule has 0 unspecified atom stereocenters. The minimum absolute atomic E-state index is 0.0441. The highest BCUT2D eigenvalue weighted by Crippen LogP contribution is 2.26. The zero-order valence-corrected chi connectivity index (χ0v) is 12.9. The van der Waals surface area contributed by atoms with E-state index in [0.29, 0.717) is 11.3 Å². The second-order valence-electron chi connectivity index (χ2n) is 4.55. The Morgan fingerprint density at radius 3 is 2.67 bits per heavy atom. The molecule has 0 heterocycles. The van der Waals surface area contributed by atoms with Gasteiger partial charge in [-0.25, -0.2) is 0 Å². The zero-order valence-electron chi connectivity index (χ0n) is 11.3. The summed E-state index contributed by atoms with van der Waals surface area (Å²) in [5, 5.41) is 13.7. The summed E-state index contributed by atoms with van der Waals surface area (Å²) in [7, 11) is 0. The lowest BCUT2D eigenvalue weighted by molar-refractivity contribution is -0.385. The van der Waals surface area contributed by atoms with E-state index in [-0.39, 0.29) is 18.0 Å². The summed E-state index contributed by atoms with van der Waals surface area (Å²) < 4.78 is 0.806. The summed E-state index contributed by atoms with van der Waals surface area (Å²) >= 11 is 3.41. The highest BCUT2D eigenvalue weighted by molar-refractivity contribution is 9.10. The molecule has 2 aromatic rings. The van der Waals surface area contributed by atoms with Crippen LogP contribution in [0.1, 0.15) is 11.1 Å². The minimum atomic E-state index is -0.481. The van der Waals surface area contributed by atoms with Gasteiger partial charge < -0.3 is 5.32 Å². The first kappa shape index (κ1) is 15.2. The SMILES string of the molecule is Cc1cccc(NC(=O)Cc2ccccc2[N+](=O)[O-])c1Br. The summed E-state index contributed by atoms with van der Waals surface area (Å²) in [6.45, 7) is 1.92. The summed E-state index contributed by atoms with van der Waals surface area (Å²) in [5.41, 5.74) is 2.00. The Kier molecular flexibility index (Phi) is 4.70. The molecule has 0 radical (unpaired) electrons. The fourth-order valence-electron chi connectivity index (χ4n) is 1.95. The van der Waals surface area contributed by atoms with Crippen molar-refractivity contribution >= 4 is 33.2 Å². The molecule has 1 N–H and O–H groups in total. The summed E-state index contributed by atoms with van der Waals surface area (Å²) in [4.78, 5) is 22.5. The maximum atomic E-state index is 12.1. The lowest BCUT2D eigenvalue weighted by Gasteiger charge is -2.09. The van der Waals surface area contributed by atoms with Crippen LogP contribution in [0.4, 0.5) is 11.4 Å². The average molecular weight is 349 g/mol. The van der Waals surface area contributed by atoms with E-state index in [0.717, 1.165) is 10.0 Å². The van der Waals surface area contributed by atoms with Gasteiger partial charge in [0.05, 0.1) is 17.0 Å². The molecule has 2 aromatic carbocycles. The van der Waals surface area contributed by atoms with E-state index in [9.17, 15) is 14.9 Å². The fourth-order valence-corrected chi connectivity index (χ4v) is 2.31. The largest absolute Gasteiger partial charge is 0.325 e. The first-order valence-electron chi connectivity index (χ1n) is 6.26. The number of amides is 1. The standard InChI is InChI=1S/C15H13BrN2O3/c1-10-5-4-7-12(15(10)16)17-14(19)9-11-6-2-3-8-13(11)18(20)21/h2-8H,9H2,1H3,(H,17,19). The predicted octanol–water partition coefficient (Wildman–Crippen LogP) is 3.85. The predicted molar refractivity (Wildman–Crippen MR) is 84.3 cm³/mol. The second-order valence-corrected chi connectivity index (χ2v) is 5.34. The molecule has 0 spiro atoms. The average Bonchev–Trinajstić information content (AvgIpc) is 2.44. The van der Waals surface area contributed by atoms with Crippen LogP contribution in [0.15, 0.2) is 46.9 Å². The van der Waals surface area contributed by atoms with Crippen molar-refractivity contribution in [3.63, 3.8) is 0 Å². The van der Waals surface area contributed by atoms with Gasteiger partial charge in [0.1, 0.15) is 0 Å². The van der Waals surface area contributed by atoms with Gasteiger partial charge in [-0.05, 0) is 34.5 Å². The Morgan fingerprint density at radius 1 is 1.24 bits per heavy atom. The van der Waals surface area contributed by atoms with Gasteiger partial charge >= 0.3 is 0 Å². The van der Waals surface area contributed by atoms with Crippen LogP contribution in [0.5, 0.6) is 0 Å². The van der Waals surface area contributed by atoms with Crippen molar-refractivity contribution in [1.29, 1.82) is 0 Å². The van der Waals surface area contributed by atoms with Gasteiger partial charge in [-0.15, -0.1) is 0 Å². The van der Waals surface area contributed by atoms with E-state index >= 15 is 0 Å². The van der Waals surface area contributed by atoms with Gasteiger partial charge in [0.15, 0.2) is 0 Å². The van der Waals surface area contributed by atoms with Crippen molar-refractivity contribution in [2.24, 2.45) is 0 Å². The summed E-state index contributed by atoms with van der Waals surface area (Å²) in [6, 6.07) is 11.8. The van der Waals surface area contributed by atoms with Crippen molar-refractivity contribution < 1.29 is 9.72 Å². The molecule has 0 atom stereocenters. The molecule has 6 heteroatoms. The minimum Gasteiger partial charge on any atom is -0.325 e. The number of hydrogen-bond donors (Lipinski definition) is 1. The number of hydrogen-bond acceptors (Lipinski definition) is 3. The maximum Gasteiger partial charge on any atom is 0.273 e. The van der Waals surface area contributed by atoms with Gasteiger partial charge in [-0.2, -0.15) is 0 Å². The van der Waals surface area contributed by atoms with E-state index in [2.05, 4.69) is 21.2 Å². The highest BCUT2D eigenvalue weighted by atomic mass is 79.9. The number of nitrogens with one attached hydrogen (secondary N) is 1. The molecule has 108 valence electrons. The van der Waals surface area contributed by atoms with Crippen molar-refractivity contribution in [2.75, 3.05) is 5.32 Å². The van der Waals surface area contributed by atoms with E-state index < -0.39 is 4.92 Å². The Hall–Kier alpha value is -2.21. The zero-order chi connectivity index (χ0) is 15.4. The van der Waals surface area contributed by atoms with Crippen molar-refractivity contribution in [2.45, 2.75) is 13.3 Å². The number of nitro groups is 1. The molecule has 21 heavy (non-hydrogen) atoms. The Morgan fingerprint density at radius 2 is 1.95 bits per heavy atom. The molecule has 1 amide bonds. The van der Waals surface area contributed by atoms with Crippen LogP contribution in [-0.2, 0) is 11.2 Å². The number of carbonyl (C=O) groups excluding carboxylic acids is 1. The number of carbonyl (C=O) groups is 1. The number of rotatable bonds is 4. The molecule has 0 saturated heterocycles. The molecule has 5 nitrogen and oxygen atoms in total. The van der Waals surface area contributed by atoms with Gasteiger partial charge in [0.2, 0.25) is 5.91 Å². The second kappa shape index (κ2) is 6.49. The molecule has 0 saturated carbocycles. The maximum absolute atomic E-state index is 12.1. The summed E-state index contributed by atoms with van der Waals surface area (Å²) in [6.07, 6.45) is -0.0441. The third-order valence-corrected chi connectivity index (χ3v) is 4.06. The van der Waals surface area contributed by atoms with Crippen molar-refractivity contribution in [1.82, 2.24) is 0 Å². The van der Waals surface area contributed by atoms with Crippen LogP contribution in [0, 0.1) is 17.0 Å². The normalized spacial score (nSPS) is 10.2. The van der Waals surface area contributed by atoms with Crippen molar-refractivity contribution in [3.8, 4) is 0 Å². The molecule has 0 aliphatic rings. The number of halogens is 1. The molecule has 2 rings (SSSR count). The van der Waals surface area contributed by atoms with E-state index in [4.69, 9.17) is 0 Å². The first-order valence-corrected chi connectivity index (χ1v) is 7.05. The first-order chi connectivity index (χ1) is 9.99. The summed E-state index contributed by atoms with van der Waals surface area (Å²) in [5.74, 6) is -0.296. The molecule has 0 bridgehead atoms. The Labute approximate surface area is 130 Å². The monoisotopic (exact) mass is 348 g/mol. The van der Waals surface area contributed by atoms with Gasteiger partial charge in [0.25, 0.3) is 5.69 Å². The molecular weight excluding hydrogens is 336 g/mol. The lowest BCUT2D eigenvalue weighted by Crippen LogP contribution is -2.15. The third-order valence-electron chi connectivity index (χ3n) is 3.01. The van der Waals surface area contributed by atoms with Gasteiger partial charge in [-0.3, -0.25) is 14.9 Å². The van der Waals surface area contributed by atoms with Gasteiger partial charge in [0, 0.05) is 16.1 Å². The number of aryl methyl sites for hydroxylation is 1. The van der Waals surface area contributed by atoms with E-state index in [1.807, 2.05) is 19.1 Å². The van der Waals surface area contributed by atoms with Crippen LogP contribution in [-0.4, -0.2) is 10.8 Å². The molecule has 0 aliphatic carbocycles. The van der Waals surface area contributed by atoms with E-state index in [1.54, 1.807) is 24.3 Å². The molecule has 0 fully saturated rings. The highest BCUT2D eigenvalue weighted by Gasteiger charge is 2.16. The Bertz CT molecular complexity index is 701. The molecule has 0 aromatic heterocycles. The smallest absolute Gasteiger partial charge is 0.273 e. The number of anilines is 1. The van der Waals surface area contributed by atoms with Crippen LogP contribution in [0.3, 0.4) is 0 Å². The van der Waals surface area contributed by atoms with Crippen molar-refractivity contribution in [3.05, 3.63) is 68.2 Å². The molecule has 0 aliphatic heterocycles. The third kappa shape index (κ3) is 3.66. The number of nitro benzene ring substituents is 1. The van der Waals surface area contributed by atoms with Crippen LogP contribution in [0.2, 0.25) is 0 Å². The number of benzene rings is 2. The van der Waals surface area contributed by atoms with Gasteiger partial charge in [-0.1, -0.05) is 30.3 Å². The fraction of sp³-hybridized carbons (Fsp3) is 0.133. The number of nitrogens with zero attached hydrogens (tertiary/aromatic N) is 1. The number of para-hydroxylation sites is 1. The van der Waals surface area contributed by atoms with Crippen LogP contribution >= 0.6 is 15.9 Å². The molecular formula is C15H13BrN2O3.